The molecule has 1 aromatic carbocycles. The molecule has 5 aromatic rings. The number of nitrogens with zero attached hydrogens (tertiary/aromatic N) is 9. The summed E-state index contributed by atoms with van der Waals surface area (Å²) < 4.78 is 3.58. The molecule has 3 aliphatic heterocycles. The van der Waals surface area contributed by atoms with Gasteiger partial charge in [0.25, 0.3) is 11.5 Å². The molecule has 0 radical (unpaired) electrons. The van der Waals surface area contributed by atoms with Gasteiger partial charge in [0.15, 0.2) is 5.82 Å². The van der Waals surface area contributed by atoms with E-state index in [0.717, 1.165) is 69.8 Å². The second-order valence-corrected chi connectivity index (χ2v) is 19.8. The number of aliphatic hydroxyl groups excluding tert-OH is 1. The number of rotatable bonds is 11. The molecule has 4 aromatic heterocycles. The van der Waals surface area contributed by atoms with Gasteiger partial charge >= 0.3 is 0 Å². The number of hydrogen-bond donors (Lipinski definition) is 4. The predicted octanol–water partition coefficient (Wildman–Crippen LogP) is 5.56. The van der Waals surface area contributed by atoms with Crippen LogP contribution in [0.15, 0.2) is 78.5 Å². The lowest BCUT2D eigenvalue weighted by atomic mass is 9.90. The van der Waals surface area contributed by atoms with Crippen molar-refractivity contribution in [3.63, 3.8) is 0 Å². The van der Waals surface area contributed by atoms with Crippen molar-refractivity contribution in [1.29, 1.82) is 0 Å². The highest BCUT2D eigenvalue weighted by atomic mass is 16.3. The highest BCUT2D eigenvalue weighted by Gasteiger charge is 2.38. The smallest absolute Gasteiger partial charge is 0.293 e. The summed E-state index contributed by atoms with van der Waals surface area (Å²) in [6.45, 7) is 19.4. The Morgan fingerprint density at radius 1 is 1.00 bits per heavy atom. The van der Waals surface area contributed by atoms with Gasteiger partial charge in [0.05, 0.1) is 34.9 Å². The van der Waals surface area contributed by atoms with E-state index in [1.165, 1.54) is 27.6 Å². The molecular formula is C50H62N12O4. The standard InChI is InChI=1S/C50H62N12O4/c1-8-44(64)55-38-24-33(9-10-40(38)60-20-19-59(28-31(60)2)34-13-17-58(18-14-34)35-11-15-52-43(25-35)50(5,6)51)54-45-48(66)57(7)29-39(56-45)36-12-16-53-46(37(36)30-63)62-22-21-61-41(47(62)65)23-32-26-49(3,4)27-42(32)61/h8-12,15-16,23-25,29,31,34,63H,1,13-14,17-22,26-28,30,51H2,2-7H3,(H,54,56)(H,55,64)/t31-/m0/s1. The summed E-state index contributed by atoms with van der Waals surface area (Å²) in [5.41, 5.74) is 14.2. The Labute approximate surface area is 386 Å². The first-order chi connectivity index (χ1) is 31.5. The molecule has 0 bridgehead atoms. The van der Waals surface area contributed by atoms with Crippen LogP contribution >= 0.6 is 0 Å². The number of piperazine rings is 1. The molecule has 2 saturated heterocycles. The fourth-order valence-electron chi connectivity index (χ4n) is 10.5. The Kier molecular flexibility index (Phi) is 11.9. The van der Waals surface area contributed by atoms with E-state index in [2.05, 4.69) is 79.4 Å². The number of pyridine rings is 2. The normalized spacial score (nSPS) is 18.9. The molecule has 346 valence electrons. The number of piperidine rings is 1. The molecule has 16 heteroatoms. The lowest BCUT2D eigenvalue weighted by Crippen LogP contribution is -2.57. The number of hydrogen-bond acceptors (Lipinski definition) is 12. The molecule has 4 aliphatic rings. The van der Waals surface area contributed by atoms with E-state index in [1.54, 1.807) is 30.4 Å². The van der Waals surface area contributed by atoms with Crippen LogP contribution < -0.4 is 36.6 Å². The number of carbonyl (C=O) groups is 2. The number of aromatic nitrogens is 5. The minimum Gasteiger partial charge on any atom is -0.392 e. The van der Waals surface area contributed by atoms with E-state index in [4.69, 9.17) is 10.7 Å². The van der Waals surface area contributed by atoms with Crippen molar-refractivity contribution in [2.45, 2.75) is 91.1 Å². The lowest BCUT2D eigenvalue weighted by Gasteiger charge is -2.47. The first kappa shape index (κ1) is 44.8. The van der Waals surface area contributed by atoms with Crippen LogP contribution in [0.2, 0.25) is 0 Å². The third kappa shape index (κ3) is 8.60. The summed E-state index contributed by atoms with van der Waals surface area (Å²) in [5.74, 6) is -0.0933. The molecule has 1 atom stereocenters. The summed E-state index contributed by atoms with van der Waals surface area (Å²) in [6.07, 6.45) is 10.3. The first-order valence-electron chi connectivity index (χ1n) is 23.1. The summed E-state index contributed by atoms with van der Waals surface area (Å²) in [7, 11) is 1.64. The lowest BCUT2D eigenvalue weighted by molar-refractivity contribution is -0.111. The largest absolute Gasteiger partial charge is 0.392 e. The van der Waals surface area contributed by atoms with E-state index >= 15 is 0 Å². The van der Waals surface area contributed by atoms with Crippen LogP contribution in [0.3, 0.4) is 0 Å². The highest BCUT2D eigenvalue weighted by Crippen LogP contribution is 2.41. The topological polar surface area (TPSA) is 183 Å². The van der Waals surface area contributed by atoms with Gasteiger partial charge in [0.2, 0.25) is 5.91 Å². The van der Waals surface area contributed by atoms with E-state index in [-0.39, 0.29) is 34.6 Å². The third-order valence-electron chi connectivity index (χ3n) is 13.8. The van der Waals surface area contributed by atoms with Gasteiger partial charge < -0.3 is 40.4 Å². The third-order valence-corrected chi connectivity index (χ3v) is 13.8. The fourth-order valence-corrected chi connectivity index (χ4v) is 10.5. The average molecular weight is 895 g/mol. The second kappa shape index (κ2) is 17.5. The Morgan fingerprint density at radius 3 is 2.50 bits per heavy atom. The molecule has 9 rings (SSSR count). The fraction of sp³-hybridized carbons (Fsp3) is 0.440. The van der Waals surface area contributed by atoms with Gasteiger partial charge in [-0.05, 0) is 106 Å². The molecule has 2 fully saturated rings. The van der Waals surface area contributed by atoms with Crippen LogP contribution in [0.5, 0.6) is 0 Å². The summed E-state index contributed by atoms with van der Waals surface area (Å²) in [4.78, 5) is 63.5. The van der Waals surface area contributed by atoms with E-state index in [0.29, 0.717) is 58.8 Å². The second-order valence-electron chi connectivity index (χ2n) is 19.8. The number of carbonyl (C=O) groups excluding carboxylic acids is 2. The van der Waals surface area contributed by atoms with Crippen LogP contribution in [0.4, 0.5) is 34.4 Å². The van der Waals surface area contributed by atoms with E-state index < -0.39 is 12.1 Å². The van der Waals surface area contributed by atoms with Gasteiger partial charge in [-0.25, -0.2) is 9.97 Å². The van der Waals surface area contributed by atoms with Crippen LogP contribution in [-0.4, -0.2) is 97.3 Å². The Balaban J connectivity index is 0.919. The number of aryl methyl sites for hydroxylation is 1. The highest BCUT2D eigenvalue weighted by molar-refractivity contribution is 6.06. The first-order valence-corrected chi connectivity index (χ1v) is 23.1. The molecule has 0 spiro atoms. The van der Waals surface area contributed by atoms with Crippen LogP contribution in [-0.2, 0) is 43.4 Å². The van der Waals surface area contributed by atoms with Gasteiger partial charge in [-0.2, -0.15) is 0 Å². The molecular weight excluding hydrogens is 833 g/mol. The number of nitrogens with one attached hydrogen (secondary N) is 2. The molecule has 5 N–H and O–H groups in total. The van der Waals surface area contributed by atoms with Gasteiger partial charge in [-0.3, -0.25) is 29.2 Å². The van der Waals surface area contributed by atoms with Gasteiger partial charge in [0.1, 0.15) is 11.5 Å². The van der Waals surface area contributed by atoms with E-state index in [1.807, 2.05) is 44.3 Å². The molecule has 0 unspecified atom stereocenters. The van der Waals surface area contributed by atoms with Gasteiger partial charge in [0, 0.05) is 112 Å². The zero-order valence-corrected chi connectivity index (χ0v) is 39.0. The summed E-state index contributed by atoms with van der Waals surface area (Å²) >= 11 is 0. The average Bonchev–Trinajstić information content (AvgIpc) is 3.79. The van der Waals surface area contributed by atoms with Crippen molar-refractivity contribution < 1.29 is 14.7 Å². The van der Waals surface area contributed by atoms with Gasteiger partial charge in [-0.15, -0.1) is 0 Å². The van der Waals surface area contributed by atoms with Crippen LogP contribution in [0.1, 0.15) is 80.5 Å². The van der Waals surface area contributed by atoms with Crippen molar-refractivity contribution in [2.24, 2.45) is 18.2 Å². The maximum absolute atomic E-state index is 14.0. The monoisotopic (exact) mass is 895 g/mol. The van der Waals surface area contributed by atoms with Crippen LogP contribution in [0.25, 0.3) is 11.3 Å². The number of aliphatic hydroxyl groups is 1. The molecule has 1 aliphatic carbocycles. The van der Waals surface area contributed by atoms with E-state index in [9.17, 15) is 19.5 Å². The van der Waals surface area contributed by atoms with Crippen LogP contribution in [0, 0.1) is 5.41 Å². The summed E-state index contributed by atoms with van der Waals surface area (Å²) in [5, 5.41) is 17.1. The van der Waals surface area contributed by atoms with Crippen molar-refractivity contribution in [1.82, 2.24) is 29.0 Å². The number of fused-ring (bicyclic) bond motifs is 3. The predicted molar refractivity (Wildman–Crippen MR) is 260 cm³/mol. The molecule has 7 heterocycles. The van der Waals surface area contributed by atoms with Crippen molar-refractivity contribution in [3.05, 3.63) is 112 Å². The molecule has 16 nitrogen and oxygen atoms in total. The van der Waals surface area contributed by atoms with Gasteiger partial charge in [-0.1, -0.05) is 20.4 Å². The quantitative estimate of drug-likeness (QED) is 0.122. The van der Waals surface area contributed by atoms with Crippen molar-refractivity contribution in [3.8, 4) is 11.3 Å². The minimum atomic E-state index is -0.499. The summed E-state index contributed by atoms with van der Waals surface area (Å²) in [6, 6.07) is 14.2. The molecule has 66 heavy (non-hydrogen) atoms. The SMILES string of the molecule is C=CC(=O)Nc1cc(Nc2nc(-c3ccnc(N4CCn5c(cc6c5CC(C)(C)C6)C4=O)c3CO)cn(C)c2=O)ccc1N1CCN(C2CCN(c3ccnc(C(C)(C)N)c3)CC2)C[C@@H]1C. The molecule has 0 saturated carbocycles. The number of benzene rings is 1. The number of nitrogens with two attached hydrogens (primary N) is 1. The maximum atomic E-state index is 14.0. The molecule has 2 amide bonds. The van der Waals surface area contributed by atoms with Crippen molar-refractivity contribution in [2.75, 3.05) is 64.6 Å². The number of amides is 2. The minimum absolute atomic E-state index is 0.0518. The maximum Gasteiger partial charge on any atom is 0.293 e. The Bertz CT molecular complexity index is 2760. The Morgan fingerprint density at radius 2 is 1.77 bits per heavy atom. The number of anilines is 6. The zero-order chi connectivity index (χ0) is 46.7. The Hall–Kier alpha value is -6.36. The zero-order valence-electron chi connectivity index (χ0n) is 39.0. The van der Waals surface area contributed by atoms with Crippen molar-refractivity contribution >= 4 is 46.2 Å².